The molecule has 2 aliphatic rings. The van der Waals surface area contributed by atoms with Crippen LogP contribution < -0.4 is 4.74 Å². The fraction of sp³-hybridized carbons (Fsp3) is 0.556. The molecule has 0 spiro atoms. The third-order valence-electron chi connectivity index (χ3n) is 4.88. The highest BCUT2D eigenvalue weighted by Crippen LogP contribution is 2.27. The molecule has 2 amide bonds. The highest BCUT2D eigenvalue weighted by Gasteiger charge is 2.34. The number of hydrogen-bond donors (Lipinski definition) is 0. The van der Waals surface area contributed by atoms with E-state index in [0.717, 1.165) is 18.9 Å². The molecule has 1 atom stereocenters. The van der Waals surface area contributed by atoms with Crippen LogP contribution in [0.5, 0.6) is 5.75 Å². The molecule has 136 valence electrons. The number of benzene rings is 1. The van der Waals surface area contributed by atoms with Crippen molar-refractivity contribution in [1.29, 1.82) is 0 Å². The molecule has 1 heterocycles. The fourth-order valence-electron chi connectivity index (χ4n) is 3.55. The van der Waals surface area contributed by atoms with E-state index < -0.39 is 11.9 Å². The van der Waals surface area contributed by atoms with E-state index in [1.165, 1.54) is 29.9 Å². The van der Waals surface area contributed by atoms with Gasteiger partial charge in [-0.1, -0.05) is 24.4 Å². The molecule has 0 aromatic heterocycles. The van der Waals surface area contributed by atoms with E-state index in [4.69, 9.17) is 16.3 Å². The molecule has 1 unspecified atom stereocenters. The first-order valence-corrected chi connectivity index (χ1v) is 9.03. The molecule has 1 aromatic rings. The van der Waals surface area contributed by atoms with E-state index in [9.17, 15) is 14.0 Å². The maximum absolute atomic E-state index is 13.1. The van der Waals surface area contributed by atoms with Crippen molar-refractivity contribution in [2.24, 2.45) is 0 Å². The van der Waals surface area contributed by atoms with E-state index in [1.54, 1.807) is 6.92 Å². The van der Waals surface area contributed by atoms with Crippen LogP contribution in [-0.2, 0) is 9.59 Å². The van der Waals surface area contributed by atoms with Crippen LogP contribution >= 0.6 is 11.6 Å². The van der Waals surface area contributed by atoms with E-state index in [1.807, 2.05) is 4.90 Å². The van der Waals surface area contributed by atoms with Crippen molar-refractivity contribution in [2.75, 3.05) is 19.6 Å². The zero-order valence-electron chi connectivity index (χ0n) is 14.2. The minimum Gasteiger partial charge on any atom is -0.479 e. The van der Waals surface area contributed by atoms with Gasteiger partial charge in [-0.15, -0.1) is 0 Å². The minimum absolute atomic E-state index is 0.00138. The van der Waals surface area contributed by atoms with Crippen LogP contribution in [0.2, 0.25) is 5.02 Å². The lowest BCUT2D eigenvalue weighted by atomic mass is 10.1. The molecule has 3 rings (SSSR count). The smallest absolute Gasteiger partial charge is 0.263 e. The zero-order valence-corrected chi connectivity index (χ0v) is 15.0. The summed E-state index contributed by atoms with van der Waals surface area (Å²) >= 11 is 5.93. The summed E-state index contributed by atoms with van der Waals surface area (Å²) in [5, 5.41) is 0.113. The van der Waals surface area contributed by atoms with Gasteiger partial charge in [0.05, 0.1) is 11.6 Å². The second kappa shape index (κ2) is 7.60. The average Bonchev–Trinajstić information content (AvgIpc) is 3.10. The quantitative estimate of drug-likeness (QED) is 0.821. The summed E-state index contributed by atoms with van der Waals surface area (Å²) in [5.74, 6) is -0.483. The van der Waals surface area contributed by atoms with Crippen LogP contribution in [0.15, 0.2) is 18.2 Å². The molecule has 2 fully saturated rings. The molecule has 0 N–H and O–H groups in total. The number of carbonyl (C=O) groups excluding carboxylic acids is 2. The standard InChI is InChI=1S/C18H22ClFN2O3/c1-12(25-16-7-6-13(20)10-15(16)19)18(24)21-8-9-22(17(23)11-21)14-4-2-3-5-14/h6-7,10,12,14H,2-5,8-9,11H2,1H3. The molecular formula is C18H22ClFN2O3. The zero-order chi connectivity index (χ0) is 18.0. The van der Waals surface area contributed by atoms with Gasteiger partial charge in [0.2, 0.25) is 5.91 Å². The Bertz CT molecular complexity index is 664. The maximum atomic E-state index is 13.1. The van der Waals surface area contributed by atoms with Gasteiger partial charge < -0.3 is 14.5 Å². The van der Waals surface area contributed by atoms with Crippen molar-refractivity contribution in [3.8, 4) is 5.75 Å². The van der Waals surface area contributed by atoms with E-state index in [2.05, 4.69) is 0 Å². The predicted octanol–water partition coefficient (Wildman–Crippen LogP) is 2.86. The third kappa shape index (κ3) is 4.06. The average molecular weight is 369 g/mol. The predicted molar refractivity (Wildman–Crippen MR) is 92.0 cm³/mol. The minimum atomic E-state index is -0.797. The summed E-state index contributed by atoms with van der Waals surface area (Å²) < 4.78 is 18.6. The van der Waals surface area contributed by atoms with Crippen LogP contribution in [0.3, 0.4) is 0 Å². The monoisotopic (exact) mass is 368 g/mol. The number of amides is 2. The second-order valence-electron chi connectivity index (χ2n) is 6.62. The van der Waals surface area contributed by atoms with Crippen molar-refractivity contribution in [3.05, 3.63) is 29.0 Å². The molecule has 0 bridgehead atoms. The first-order chi connectivity index (χ1) is 12.0. The summed E-state index contributed by atoms with van der Waals surface area (Å²) in [6.07, 6.45) is 3.65. The molecule has 7 heteroatoms. The van der Waals surface area contributed by atoms with Crippen molar-refractivity contribution < 1.29 is 18.7 Å². The molecule has 1 aliphatic heterocycles. The molecular weight excluding hydrogens is 347 g/mol. The SMILES string of the molecule is CC(Oc1ccc(F)cc1Cl)C(=O)N1CCN(C2CCCC2)C(=O)C1. The van der Waals surface area contributed by atoms with Gasteiger partial charge in [0.25, 0.3) is 5.91 Å². The van der Waals surface area contributed by atoms with E-state index >= 15 is 0 Å². The highest BCUT2D eigenvalue weighted by molar-refractivity contribution is 6.32. The number of carbonyl (C=O) groups is 2. The Morgan fingerprint density at radius 1 is 1.32 bits per heavy atom. The Labute approximate surface area is 151 Å². The van der Waals surface area contributed by atoms with Gasteiger partial charge in [0.15, 0.2) is 6.10 Å². The second-order valence-corrected chi connectivity index (χ2v) is 7.03. The lowest BCUT2D eigenvalue weighted by Crippen LogP contribution is -2.56. The molecule has 1 saturated carbocycles. The number of rotatable bonds is 4. The lowest BCUT2D eigenvalue weighted by Gasteiger charge is -2.38. The normalized spacial score (nSPS) is 20.0. The van der Waals surface area contributed by atoms with E-state index in [0.29, 0.717) is 19.1 Å². The first-order valence-electron chi connectivity index (χ1n) is 8.65. The lowest BCUT2D eigenvalue weighted by molar-refractivity contribution is -0.150. The Morgan fingerprint density at radius 3 is 2.68 bits per heavy atom. The van der Waals surface area contributed by atoms with Crippen molar-refractivity contribution >= 4 is 23.4 Å². The Kier molecular flexibility index (Phi) is 5.47. The Hall–Kier alpha value is -1.82. The number of ether oxygens (including phenoxy) is 1. The van der Waals surface area contributed by atoms with Crippen molar-refractivity contribution in [3.63, 3.8) is 0 Å². The Morgan fingerprint density at radius 2 is 2.04 bits per heavy atom. The molecule has 0 radical (unpaired) electrons. The Balaban J connectivity index is 1.58. The molecule has 1 saturated heterocycles. The summed E-state index contributed by atoms with van der Waals surface area (Å²) in [7, 11) is 0. The van der Waals surface area contributed by atoms with Gasteiger partial charge in [-0.25, -0.2) is 4.39 Å². The van der Waals surface area contributed by atoms with Crippen LogP contribution in [0.4, 0.5) is 4.39 Å². The molecule has 1 aliphatic carbocycles. The van der Waals surface area contributed by atoms with Gasteiger partial charge in [-0.05, 0) is 38.0 Å². The largest absolute Gasteiger partial charge is 0.479 e. The molecule has 25 heavy (non-hydrogen) atoms. The van der Waals surface area contributed by atoms with Gasteiger partial charge in [-0.2, -0.15) is 0 Å². The van der Waals surface area contributed by atoms with Crippen LogP contribution in [0, 0.1) is 5.82 Å². The summed E-state index contributed by atoms with van der Waals surface area (Å²) in [6.45, 7) is 2.77. The van der Waals surface area contributed by atoms with Gasteiger partial charge in [0, 0.05) is 19.1 Å². The first kappa shape index (κ1) is 18.0. The fourth-order valence-corrected chi connectivity index (χ4v) is 3.76. The van der Waals surface area contributed by atoms with Gasteiger partial charge >= 0.3 is 0 Å². The number of hydrogen-bond acceptors (Lipinski definition) is 3. The highest BCUT2D eigenvalue weighted by atomic mass is 35.5. The van der Waals surface area contributed by atoms with Gasteiger partial charge in [-0.3, -0.25) is 9.59 Å². The van der Waals surface area contributed by atoms with Crippen molar-refractivity contribution in [1.82, 2.24) is 9.80 Å². The summed E-state index contributed by atoms with van der Waals surface area (Å²) in [6, 6.07) is 4.08. The van der Waals surface area contributed by atoms with Gasteiger partial charge in [0.1, 0.15) is 11.6 Å². The van der Waals surface area contributed by atoms with Crippen molar-refractivity contribution in [2.45, 2.75) is 44.8 Å². The van der Waals surface area contributed by atoms with Crippen LogP contribution in [-0.4, -0.2) is 53.4 Å². The summed E-state index contributed by atoms with van der Waals surface area (Å²) in [5.41, 5.74) is 0. The summed E-state index contributed by atoms with van der Waals surface area (Å²) in [4.78, 5) is 28.4. The number of piperazine rings is 1. The van der Waals surface area contributed by atoms with E-state index in [-0.39, 0.29) is 29.1 Å². The van der Waals surface area contributed by atoms with Crippen LogP contribution in [0.1, 0.15) is 32.6 Å². The number of halogens is 2. The number of nitrogens with zero attached hydrogens (tertiary/aromatic N) is 2. The topological polar surface area (TPSA) is 49.9 Å². The third-order valence-corrected chi connectivity index (χ3v) is 5.18. The molecule has 1 aromatic carbocycles. The molecule has 5 nitrogen and oxygen atoms in total. The van der Waals surface area contributed by atoms with Crippen LogP contribution in [0.25, 0.3) is 0 Å². The maximum Gasteiger partial charge on any atom is 0.263 e.